The van der Waals surface area contributed by atoms with Gasteiger partial charge >= 0.3 is 0 Å². The zero-order valence-electron chi connectivity index (χ0n) is 10.6. The molecule has 5 nitrogen and oxygen atoms in total. The van der Waals surface area contributed by atoms with Crippen LogP contribution in [0.3, 0.4) is 0 Å². The maximum absolute atomic E-state index is 12.0. The summed E-state index contributed by atoms with van der Waals surface area (Å²) in [5.41, 5.74) is 0.900. The summed E-state index contributed by atoms with van der Waals surface area (Å²) in [4.78, 5) is 16.1. The highest BCUT2D eigenvalue weighted by Gasteiger charge is 2.20. The topological polar surface area (TPSA) is 63.2 Å². The van der Waals surface area contributed by atoms with Crippen LogP contribution in [0.15, 0.2) is 18.3 Å². The van der Waals surface area contributed by atoms with Crippen molar-refractivity contribution >= 4 is 5.91 Å². The van der Waals surface area contributed by atoms with E-state index in [0.717, 1.165) is 31.5 Å². The number of amides is 1. The van der Waals surface area contributed by atoms with Gasteiger partial charge in [0.25, 0.3) is 0 Å². The van der Waals surface area contributed by atoms with Crippen molar-refractivity contribution in [2.45, 2.75) is 19.4 Å². The van der Waals surface area contributed by atoms with Crippen molar-refractivity contribution in [2.24, 2.45) is 5.92 Å². The second-order valence-corrected chi connectivity index (χ2v) is 4.43. The number of pyridine rings is 1. The van der Waals surface area contributed by atoms with Crippen LogP contribution in [-0.4, -0.2) is 31.1 Å². The second-order valence-electron chi connectivity index (χ2n) is 4.43. The Kier molecular flexibility index (Phi) is 4.52. The number of ether oxygens (including phenoxy) is 1. The zero-order valence-corrected chi connectivity index (χ0v) is 10.6. The second kappa shape index (κ2) is 6.35. The third-order valence-corrected chi connectivity index (χ3v) is 3.16. The predicted octanol–water partition coefficient (Wildman–Crippen LogP) is 0.706. The van der Waals surface area contributed by atoms with Crippen molar-refractivity contribution < 1.29 is 9.53 Å². The van der Waals surface area contributed by atoms with Crippen LogP contribution in [0.25, 0.3) is 0 Å². The number of carbonyl (C=O) groups excluding carboxylic acids is 1. The molecule has 5 heteroatoms. The van der Waals surface area contributed by atoms with E-state index in [1.165, 1.54) is 0 Å². The summed E-state index contributed by atoms with van der Waals surface area (Å²) in [6, 6.07) is 3.75. The Balaban J connectivity index is 1.88. The minimum atomic E-state index is 0.0846. The Morgan fingerprint density at radius 3 is 3.28 bits per heavy atom. The first-order valence-electron chi connectivity index (χ1n) is 6.27. The lowest BCUT2D eigenvalue weighted by atomic mass is 9.99. The Bertz CT molecular complexity index is 403. The van der Waals surface area contributed by atoms with E-state index >= 15 is 0 Å². The van der Waals surface area contributed by atoms with E-state index in [1.54, 1.807) is 13.3 Å². The third kappa shape index (κ3) is 3.20. The number of aromatic nitrogens is 1. The SMILES string of the molecule is COc1ncccc1CNC(=O)C1CCCNC1. The number of nitrogens with zero attached hydrogens (tertiary/aromatic N) is 1. The van der Waals surface area contributed by atoms with Crippen molar-refractivity contribution in [1.82, 2.24) is 15.6 Å². The minimum absolute atomic E-state index is 0.0846. The van der Waals surface area contributed by atoms with Crippen LogP contribution in [0.2, 0.25) is 0 Å². The molecule has 0 spiro atoms. The molecule has 1 amide bonds. The van der Waals surface area contributed by atoms with Crippen LogP contribution in [-0.2, 0) is 11.3 Å². The first-order valence-corrected chi connectivity index (χ1v) is 6.27. The average molecular weight is 249 g/mol. The fraction of sp³-hybridized carbons (Fsp3) is 0.538. The van der Waals surface area contributed by atoms with Gasteiger partial charge in [-0.25, -0.2) is 4.98 Å². The van der Waals surface area contributed by atoms with Gasteiger partial charge < -0.3 is 15.4 Å². The van der Waals surface area contributed by atoms with Gasteiger partial charge in [0.2, 0.25) is 11.8 Å². The molecule has 2 N–H and O–H groups in total. The molecule has 98 valence electrons. The quantitative estimate of drug-likeness (QED) is 0.825. The van der Waals surface area contributed by atoms with Gasteiger partial charge in [-0.1, -0.05) is 6.07 Å². The Labute approximate surface area is 107 Å². The lowest BCUT2D eigenvalue weighted by molar-refractivity contribution is -0.125. The summed E-state index contributed by atoms with van der Waals surface area (Å²) in [6.07, 6.45) is 3.70. The van der Waals surface area contributed by atoms with Crippen LogP contribution in [0.5, 0.6) is 5.88 Å². The van der Waals surface area contributed by atoms with Crippen molar-refractivity contribution in [3.05, 3.63) is 23.9 Å². The summed E-state index contributed by atoms with van der Waals surface area (Å²) in [5.74, 6) is 0.758. The third-order valence-electron chi connectivity index (χ3n) is 3.16. The van der Waals surface area contributed by atoms with E-state index in [1.807, 2.05) is 12.1 Å². The lowest BCUT2D eigenvalue weighted by Gasteiger charge is -2.22. The molecule has 0 aromatic carbocycles. The normalized spacial score (nSPS) is 19.3. The Morgan fingerprint density at radius 2 is 2.56 bits per heavy atom. The molecule has 1 aromatic rings. The van der Waals surface area contributed by atoms with Gasteiger partial charge in [0, 0.05) is 24.8 Å². The number of rotatable bonds is 4. The minimum Gasteiger partial charge on any atom is -0.481 e. The van der Waals surface area contributed by atoms with Crippen molar-refractivity contribution in [3.63, 3.8) is 0 Å². The maximum Gasteiger partial charge on any atom is 0.224 e. The van der Waals surface area contributed by atoms with E-state index in [0.29, 0.717) is 12.4 Å². The van der Waals surface area contributed by atoms with Gasteiger partial charge in [0.05, 0.1) is 13.0 Å². The molecule has 2 heterocycles. The molecule has 18 heavy (non-hydrogen) atoms. The average Bonchev–Trinajstić information content (AvgIpc) is 2.46. The molecule has 0 bridgehead atoms. The fourth-order valence-corrected chi connectivity index (χ4v) is 2.14. The smallest absolute Gasteiger partial charge is 0.224 e. The zero-order chi connectivity index (χ0) is 12.8. The van der Waals surface area contributed by atoms with Crippen LogP contribution >= 0.6 is 0 Å². The molecule has 0 saturated carbocycles. The predicted molar refractivity (Wildman–Crippen MR) is 68.2 cm³/mol. The summed E-state index contributed by atoms with van der Waals surface area (Å²) >= 11 is 0. The number of nitrogens with one attached hydrogen (secondary N) is 2. The van der Waals surface area contributed by atoms with Gasteiger partial charge in [-0.05, 0) is 25.5 Å². The molecule has 1 saturated heterocycles. The molecule has 1 atom stereocenters. The summed E-state index contributed by atoms with van der Waals surface area (Å²) in [7, 11) is 1.58. The lowest BCUT2D eigenvalue weighted by Crippen LogP contribution is -2.40. The van der Waals surface area contributed by atoms with Crippen LogP contribution in [0.4, 0.5) is 0 Å². The van der Waals surface area contributed by atoms with Gasteiger partial charge in [0.15, 0.2) is 0 Å². The monoisotopic (exact) mass is 249 g/mol. The van der Waals surface area contributed by atoms with Gasteiger partial charge in [-0.2, -0.15) is 0 Å². The molecule has 0 aliphatic carbocycles. The van der Waals surface area contributed by atoms with E-state index in [9.17, 15) is 4.79 Å². The van der Waals surface area contributed by atoms with Gasteiger partial charge in [-0.3, -0.25) is 4.79 Å². The number of piperidine rings is 1. The maximum atomic E-state index is 12.0. The number of hydrogen-bond donors (Lipinski definition) is 2. The first kappa shape index (κ1) is 12.8. The van der Waals surface area contributed by atoms with E-state index in [4.69, 9.17) is 4.74 Å². The molecule has 1 aromatic heterocycles. The number of methoxy groups -OCH3 is 1. The van der Waals surface area contributed by atoms with E-state index in [2.05, 4.69) is 15.6 Å². The van der Waals surface area contributed by atoms with Crippen LogP contribution < -0.4 is 15.4 Å². The first-order chi connectivity index (χ1) is 8.81. The van der Waals surface area contributed by atoms with Crippen LogP contribution in [0.1, 0.15) is 18.4 Å². The fourth-order valence-electron chi connectivity index (χ4n) is 2.14. The van der Waals surface area contributed by atoms with Crippen molar-refractivity contribution in [2.75, 3.05) is 20.2 Å². The Morgan fingerprint density at radius 1 is 1.67 bits per heavy atom. The largest absolute Gasteiger partial charge is 0.481 e. The number of carbonyl (C=O) groups is 1. The van der Waals surface area contributed by atoms with E-state index < -0.39 is 0 Å². The van der Waals surface area contributed by atoms with Crippen molar-refractivity contribution in [3.8, 4) is 5.88 Å². The highest BCUT2D eigenvalue weighted by atomic mass is 16.5. The van der Waals surface area contributed by atoms with Crippen LogP contribution in [0, 0.1) is 5.92 Å². The molecule has 1 aliphatic heterocycles. The molecular formula is C13H19N3O2. The Hall–Kier alpha value is -1.62. The molecule has 1 aliphatic rings. The van der Waals surface area contributed by atoms with Gasteiger partial charge in [0.1, 0.15) is 0 Å². The number of hydrogen-bond acceptors (Lipinski definition) is 4. The summed E-state index contributed by atoms with van der Waals surface area (Å²) < 4.78 is 5.15. The molecule has 1 fully saturated rings. The molecular weight excluding hydrogens is 230 g/mol. The highest BCUT2D eigenvalue weighted by Crippen LogP contribution is 2.14. The highest BCUT2D eigenvalue weighted by molar-refractivity contribution is 5.79. The molecule has 2 rings (SSSR count). The van der Waals surface area contributed by atoms with Gasteiger partial charge in [-0.15, -0.1) is 0 Å². The van der Waals surface area contributed by atoms with E-state index in [-0.39, 0.29) is 11.8 Å². The molecule has 0 radical (unpaired) electrons. The standard InChI is InChI=1S/C13H19N3O2/c1-18-13-11(5-3-7-15-13)9-16-12(17)10-4-2-6-14-8-10/h3,5,7,10,14H,2,4,6,8-9H2,1H3,(H,16,17). The van der Waals surface area contributed by atoms with Crippen molar-refractivity contribution in [1.29, 1.82) is 0 Å². The molecule has 1 unspecified atom stereocenters. The summed E-state index contributed by atoms with van der Waals surface area (Å²) in [5, 5.41) is 6.18. The summed E-state index contributed by atoms with van der Waals surface area (Å²) in [6.45, 7) is 2.25.